The van der Waals surface area contributed by atoms with Gasteiger partial charge in [-0.25, -0.2) is 8.78 Å². The maximum absolute atomic E-state index is 12.7. The van der Waals surface area contributed by atoms with Gasteiger partial charge in [0.25, 0.3) is 6.43 Å². The molecular formula is C15H24F2N4S. The van der Waals surface area contributed by atoms with Gasteiger partial charge in [0.15, 0.2) is 5.01 Å². The minimum Gasteiger partial charge on any atom is -0.346 e. The van der Waals surface area contributed by atoms with E-state index >= 15 is 0 Å². The van der Waals surface area contributed by atoms with E-state index in [1.165, 1.54) is 32.2 Å². The summed E-state index contributed by atoms with van der Waals surface area (Å²) in [6.45, 7) is 6.47. The van der Waals surface area contributed by atoms with Crippen molar-refractivity contribution in [3.05, 3.63) is 5.01 Å². The van der Waals surface area contributed by atoms with Crippen LogP contribution in [-0.2, 0) is 0 Å². The van der Waals surface area contributed by atoms with Crippen molar-refractivity contribution in [3.63, 3.8) is 0 Å². The molecule has 0 bridgehead atoms. The summed E-state index contributed by atoms with van der Waals surface area (Å²) in [4.78, 5) is 4.74. The second-order valence-corrected chi connectivity index (χ2v) is 7.51. The molecule has 124 valence electrons. The van der Waals surface area contributed by atoms with Crippen LogP contribution in [0.2, 0.25) is 0 Å². The van der Waals surface area contributed by atoms with Crippen LogP contribution in [0.25, 0.3) is 0 Å². The first-order valence-corrected chi connectivity index (χ1v) is 9.05. The minimum atomic E-state index is -2.51. The van der Waals surface area contributed by atoms with E-state index in [0.717, 1.165) is 37.4 Å². The molecule has 2 saturated heterocycles. The molecule has 2 aliphatic rings. The highest BCUT2D eigenvalue weighted by Crippen LogP contribution is 2.31. The lowest BCUT2D eigenvalue weighted by Crippen LogP contribution is -2.45. The van der Waals surface area contributed by atoms with Crippen LogP contribution in [0, 0.1) is 5.92 Å². The van der Waals surface area contributed by atoms with Crippen LogP contribution in [0.5, 0.6) is 0 Å². The third-order valence-corrected chi connectivity index (χ3v) is 5.83. The van der Waals surface area contributed by atoms with Crippen LogP contribution >= 0.6 is 11.3 Å². The van der Waals surface area contributed by atoms with Crippen molar-refractivity contribution in [1.29, 1.82) is 0 Å². The smallest absolute Gasteiger partial charge is 0.291 e. The third kappa shape index (κ3) is 3.74. The fourth-order valence-corrected chi connectivity index (χ4v) is 4.33. The first kappa shape index (κ1) is 16.1. The fraction of sp³-hybridized carbons (Fsp3) is 0.867. The molecule has 3 rings (SSSR count). The number of alkyl halides is 2. The predicted molar refractivity (Wildman–Crippen MR) is 84.7 cm³/mol. The van der Waals surface area contributed by atoms with Crippen LogP contribution in [0.4, 0.5) is 13.9 Å². The highest BCUT2D eigenvalue weighted by molar-refractivity contribution is 7.15. The molecule has 3 heterocycles. The number of hydrogen-bond donors (Lipinski definition) is 0. The zero-order valence-electron chi connectivity index (χ0n) is 13.0. The van der Waals surface area contributed by atoms with E-state index in [1.54, 1.807) is 0 Å². The van der Waals surface area contributed by atoms with Crippen molar-refractivity contribution in [1.82, 2.24) is 15.1 Å². The summed E-state index contributed by atoms with van der Waals surface area (Å²) >= 11 is 1.04. The van der Waals surface area contributed by atoms with E-state index in [1.807, 2.05) is 0 Å². The summed E-state index contributed by atoms with van der Waals surface area (Å²) in [5.74, 6) is 0.605. The molecule has 0 spiro atoms. The predicted octanol–water partition coefficient (Wildman–Crippen LogP) is 3.57. The molecule has 0 N–H and O–H groups in total. The lowest BCUT2D eigenvalue weighted by molar-refractivity contribution is 0.130. The van der Waals surface area contributed by atoms with Gasteiger partial charge in [0.2, 0.25) is 5.13 Å². The molecular weight excluding hydrogens is 306 g/mol. The van der Waals surface area contributed by atoms with E-state index in [9.17, 15) is 8.78 Å². The number of rotatable bonds is 4. The van der Waals surface area contributed by atoms with Gasteiger partial charge < -0.3 is 9.80 Å². The summed E-state index contributed by atoms with van der Waals surface area (Å²) in [6, 6.07) is 0.677. The second kappa shape index (κ2) is 7.17. The van der Waals surface area contributed by atoms with Gasteiger partial charge >= 0.3 is 0 Å². The van der Waals surface area contributed by atoms with Gasteiger partial charge in [0.1, 0.15) is 0 Å². The van der Waals surface area contributed by atoms with Crippen molar-refractivity contribution >= 4 is 16.5 Å². The van der Waals surface area contributed by atoms with Crippen molar-refractivity contribution in [2.24, 2.45) is 5.92 Å². The molecule has 0 unspecified atom stereocenters. The zero-order valence-corrected chi connectivity index (χ0v) is 13.9. The highest BCUT2D eigenvalue weighted by Gasteiger charge is 2.27. The molecule has 1 aromatic rings. The molecule has 0 aliphatic carbocycles. The summed E-state index contributed by atoms with van der Waals surface area (Å²) < 4.78 is 25.3. The first-order chi connectivity index (χ1) is 10.6. The van der Waals surface area contributed by atoms with Crippen LogP contribution in [0.1, 0.15) is 50.5 Å². The number of anilines is 1. The van der Waals surface area contributed by atoms with Gasteiger partial charge in [0, 0.05) is 25.7 Å². The number of aromatic nitrogens is 2. The van der Waals surface area contributed by atoms with Crippen molar-refractivity contribution in [2.45, 2.75) is 51.5 Å². The van der Waals surface area contributed by atoms with E-state index in [-0.39, 0.29) is 5.01 Å². The quantitative estimate of drug-likeness (QED) is 0.845. The maximum Gasteiger partial charge on any atom is 0.291 e. The van der Waals surface area contributed by atoms with Crippen LogP contribution in [0.15, 0.2) is 0 Å². The normalized spacial score (nSPS) is 27.5. The molecule has 2 aliphatic heterocycles. The fourth-order valence-electron chi connectivity index (χ4n) is 3.59. The average Bonchev–Trinajstić information content (AvgIpc) is 3.00. The Morgan fingerprint density at radius 1 is 1.18 bits per heavy atom. The Balaban J connectivity index is 1.58. The van der Waals surface area contributed by atoms with Crippen molar-refractivity contribution in [2.75, 3.05) is 31.1 Å². The van der Waals surface area contributed by atoms with Gasteiger partial charge in [0.05, 0.1) is 0 Å². The number of halogens is 2. The van der Waals surface area contributed by atoms with Crippen molar-refractivity contribution in [3.8, 4) is 0 Å². The largest absolute Gasteiger partial charge is 0.346 e. The monoisotopic (exact) mass is 330 g/mol. The average molecular weight is 330 g/mol. The van der Waals surface area contributed by atoms with Gasteiger partial charge in [-0.15, -0.1) is 10.2 Å². The lowest BCUT2D eigenvalue weighted by atomic mass is 9.95. The van der Waals surface area contributed by atoms with E-state index in [4.69, 9.17) is 0 Å². The zero-order chi connectivity index (χ0) is 15.5. The standard InChI is InChI=1S/C15H24F2N4S/c1-11-5-2-3-7-20(11)9-12-6-4-8-21(10-12)15-19-18-14(22-15)13(16)17/h11-13H,2-10H2,1H3/t11-,12+/m0/s1. The number of likely N-dealkylation sites (tertiary alicyclic amines) is 1. The molecule has 0 aromatic carbocycles. The first-order valence-electron chi connectivity index (χ1n) is 8.24. The topological polar surface area (TPSA) is 32.3 Å². The maximum atomic E-state index is 12.7. The number of piperidine rings is 2. The summed E-state index contributed by atoms with van der Waals surface area (Å²) in [5, 5.41) is 8.06. The Bertz CT molecular complexity index is 482. The molecule has 2 atom stereocenters. The van der Waals surface area contributed by atoms with E-state index in [0.29, 0.717) is 17.1 Å². The van der Waals surface area contributed by atoms with Gasteiger partial charge in [-0.2, -0.15) is 0 Å². The highest BCUT2D eigenvalue weighted by atomic mass is 32.1. The molecule has 0 saturated carbocycles. The molecule has 4 nitrogen and oxygen atoms in total. The summed E-state index contributed by atoms with van der Waals surface area (Å²) in [5.41, 5.74) is 0. The van der Waals surface area contributed by atoms with Gasteiger partial charge in [-0.3, -0.25) is 0 Å². The number of hydrogen-bond acceptors (Lipinski definition) is 5. The Morgan fingerprint density at radius 3 is 2.77 bits per heavy atom. The van der Waals surface area contributed by atoms with E-state index < -0.39 is 6.43 Å². The molecule has 0 amide bonds. The Kier molecular flexibility index (Phi) is 5.23. The summed E-state index contributed by atoms with van der Waals surface area (Å²) in [7, 11) is 0. The van der Waals surface area contributed by atoms with E-state index in [2.05, 4.69) is 26.9 Å². The molecule has 1 aromatic heterocycles. The molecule has 0 radical (unpaired) electrons. The molecule has 7 heteroatoms. The SMILES string of the molecule is C[C@H]1CCCCN1C[C@H]1CCCN(c2nnc(C(F)F)s2)C1. The summed E-state index contributed by atoms with van der Waals surface area (Å²) in [6.07, 6.45) is 3.76. The van der Waals surface area contributed by atoms with Crippen LogP contribution < -0.4 is 4.90 Å². The lowest BCUT2D eigenvalue weighted by Gasteiger charge is -2.39. The van der Waals surface area contributed by atoms with Crippen molar-refractivity contribution < 1.29 is 8.78 Å². The Morgan fingerprint density at radius 2 is 2.05 bits per heavy atom. The second-order valence-electron chi connectivity index (χ2n) is 6.52. The Hall–Kier alpha value is -0.820. The van der Waals surface area contributed by atoms with Gasteiger partial charge in [-0.05, 0) is 45.1 Å². The van der Waals surface area contributed by atoms with Crippen LogP contribution in [0.3, 0.4) is 0 Å². The number of nitrogens with zero attached hydrogens (tertiary/aromatic N) is 4. The molecule has 22 heavy (non-hydrogen) atoms. The van der Waals surface area contributed by atoms with Gasteiger partial charge in [-0.1, -0.05) is 17.8 Å². The minimum absolute atomic E-state index is 0.165. The third-order valence-electron chi connectivity index (χ3n) is 4.84. The Labute approximate surface area is 134 Å². The van der Waals surface area contributed by atoms with Crippen LogP contribution in [-0.4, -0.2) is 47.3 Å². The molecule has 2 fully saturated rings.